The molecule has 0 aliphatic rings. The Morgan fingerprint density at radius 3 is 2.43 bits per heavy atom. The van der Waals surface area contributed by atoms with Gasteiger partial charge >= 0.3 is 0 Å². The van der Waals surface area contributed by atoms with Crippen LogP contribution in [0.5, 0.6) is 0 Å². The number of pyridine rings is 1. The van der Waals surface area contributed by atoms with E-state index in [-0.39, 0.29) is 11.3 Å². The first-order chi connectivity index (χ1) is 9.80. The SMILES string of the molecule is CC(C)C(c1ccc(=O)[nH]c1)(c1ccncn1)S(N)(=O)=O. The van der Waals surface area contributed by atoms with Crippen molar-refractivity contribution in [1.82, 2.24) is 15.0 Å². The lowest BCUT2D eigenvalue weighted by molar-refractivity contribution is 0.454. The molecule has 3 N–H and O–H groups in total. The summed E-state index contributed by atoms with van der Waals surface area (Å²) in [5.41, 5.74) is 0.300. The van der Waals surface area contributed by atoms with Crippen molar-refractivity contribution < 1.29 is 8.42 Å². The first-order valence-corrected chi connectivity index (χ1v) is 7.83. The summed E-state index contributed by atoms with van der Waals surface area (Å²) in [6, 6.07) is 4.22. The summed E-state index contributed by atoms with van der Waals surface area (Å²) in [6.07, 6.45) is 4.08. The van der Waals surface area contributed by atoms with E-state index in [1.54, 1.807) is 13.8 Å². The summed E-state index contributed by atoms with van der Waals surface area (Å²) in [5, 5.41) is 5.54. The third kappa shape index (κ3) is 2.47. The smallest absolute Gasteiger partial charge is 0.247 e. The van der Waals surface area contributed by atoms with Crippen molar-refractivity contribution in [2.45, 2.75) is 18.6 Å². The average Bonchev–Trinajstić information content (AvgIpc) is 2.41. The largest absolute Gasteiger partial charge is 0.329 e. The maximum atomic E-state index is 12.4. The maximum Gasteiger partial charge on any atom is 0.247 e. The zero-order valence-electron chi connectivity index (χ0n) is 11.6. The van der Waals surface area contributed by atoms with Crippen LogP contribution in [0.3, 0.4) is 0 Å². The van der Waals surface area contributed by atoms with Gasteiger partial charge in [0.15, 0.2) is 4.75 Å². The lowest BCUT2D eigenvalue weighted by Gasteiger charge is -2.34. The van der Waals surface area contributed by atoms with Crippen LogP contribution in [0.1, 0.15) is 25.1 Å². The molecule has 0 saturated carbocycles. The lowest BCUT2D eigenvalue weighted by Crippen LogP contribution is -2.47. The van der Waals surface area contributed by atoms with Crippen LogP contribution in [-0.4, -0.2) is 23.4 Å². The van der Waals surface area contributed by atoms with E-state index in [1.807, 2.05) is 0 Å². The lowest BCUT2D eigenvalue weighted by atomic mass is 9.85. The molecule has 2 aromatic heterocycles. The highest BCUT2D eigenvalue weighted by molar-refractivity contribution is 7.90. The first-order valence-electron chi connectivity index (χ1n) is 6.28. The molecular formula is C13H16N4O3S. The number of nitrogens with zero attached hydrogens (tertiary/aromatic N) is 2. The number of primary sulfonamides is 1. The Kier molecular flexibility index (Phi) is 3.93. The standard InChI is InChI=1S/C13H16N4O3S/c1-9(2)13(21(14,19)20,11-5-6-15-8-17-11)10-3-4-12(18)16-7-10/h3-9H,1-2H3,(H,16,18)(H2,14,19,20). The second-order valence-corrected chi connectivity index (χ2v) is 6.71. The van der Waals surface area contributed by atoms with Gasteiger partial charge < -0.3 is 4.98 Å². The minimum absolute atomic E-state index is 0.266. The normalized spacial score (nSPS) is 14.9. The quantitative estimate of drug-likeness (QED) is 0.845. The summed E-state index contributed by atoms with van der Waals surface area (Å²) in [5.74, 6) is -0.409. The molecule has 0 saturated heterocycles. The molecule has 0 bridgehead atoms. The minimum Gasteiger partial charge on any atom is -0.329 e. The molecule has 21 heavy (non-hydrogen) atoms. The van der Waals surface area contributed by atoms with E-state index in [0.29, 0.717) is 5.56 Å². The van der Waals surface area contributed by atoms with Crippen LogP contribution in [0.15, 0.2) is 41.7 Å². The predicted molar refractivity (Wildman–Crippen MR) is 77.8 cm³/mol. The number of aromatic nitrogens is 3. The molecule has 0 aliphatic carbocycles. The van der Waals surface area contributed by atoms with E-state index in [0.717, 1.165) is 0 Å². The molecule has 1 atom stereocenters. The van der Waals surface area contributed by atoms with E-state index >= 15 is 0 Å². The number of sulfonamides is 1. The molecule has 1 unspecified atom stereocenters. The molecular weight excluding hydrogens is 292 g/mol. The Hall–Kier alpha value is -2.06. The maximum absolute atomic E-state index is 12.4. The fourth-order valence-corrected chi connectivity index (χ4v) is 4.09. The van der Waals surface area contributed by atoms with Crippen molar-refractivity contribution in [1.29, 1.82) is 0 Å². The highest BCUT2D eigenvalue weighted by Crippen LogP contribution is 2.41. The van der Waals surface area contributed by atoms with Crippen LogP contribution in [0.4, 0.5) is 0 Å². The van der Waals surface area contributed by atoms with Crippen LogP contribution < -0.4 is 10.7 Å². The Balaban J connectivity index is 2.87. The molecule has 0 aromatic carbocycles. The monoisotopic (exact) mass is 308 g/mol. The minimum atomic E-state index is -4.06. The van der Waals surface area contributed by atoms with Gasteiger partial charge in [0.25, 0.3) is 0 Å². The molecule has 2 aromatic rings. The van der Waals surface area contributed by atoms with Gasteiger partial charge in [0, 0.05) is 18.5 Å². The number of hydrogen-bond donors (Lipinski definition) is 2. The van der Waals surface area contributed by atoms with Gasteiger partial charge in [-0.05, 0) is 17.5 Å². The van der Waals surface area contributed by atoms with Crippen LogP contribution in [0, 0.1) is 5.92 Å². The molecule has 112 valence electrons. The molecule has 0 amide bonds. The highest BCUT2D eigenvalue weighted by Gasteiger charge is 2.49. The Labute approximate surface area is 122 Å². The molecule has 0 radical (unpaired) electrons. The molecule has 8 heteroatoms. The van der Waals surface area contributed by atoms with Gasteiger partial charge in [0.05, 0.1) is 5.69 Å². The Bertz CT molecular complexity index is 766. The van der Waals surface area contributed by atoms with Crippen LogP contribution in [-0.2, 0) is 14.8 Å². The number of nitrogens with one attached hydrogen (secondary N) is 1. The van der Waals surface area contributed by atoms with Crippen LogP contribution in [0.2, 0.25) is 0 Å². The molecule has 0 aliphatic heterocycles. The zero-order valence-corrected chi connectivity index (χ0v) is 12.5. The van der Waals surface area contributed by atoms with Gasteiger partial charge in [-0.2, -0.15) is 0 Å². The second kappa shape index (κ2) is 5.38. The second-order valence-electron chi connectivity index (χ2n) is 4.97. The van der Waals surface area contributed by atoms with E-state index in [9.17, 15) is 13.2 Å². The van der Waals surface area contributed by atoms with Crippen LogP contribution in [0.25, 0.3) is 0 Å². The number of aromatic amines is 1. The summed E-state index contributed by atoms with van der Waals surface area (Å²) >= 11 is 0. The van der Waals surface area contributed by atoms with Crippen molar-refractivity contribution in [3.8, 4) is 0 Å². The van der Waals surface area contributed by atoms with Crippen molar-refractivity contribution in [2.75, 3.05) is 0 Å². The number of hydrogen-bond acceptors (Lipinski definition) is 5. The molecule has 2 heterocycles. The van der Waals surface area contributed by atoms with Gasteiger partial charge in [-0.25, -0.2) is 23.5 Å². The molecule has 0 fully saturated rings. The number of rotatable bonds is 4. The van der Waals surface area contributed by atoms with Crippen LogP contribution >= 0.6 is 0 Å². The summed E-state index contributed by atoms with van der Waals surface area (Å²) in [6.45, 7) is 3.47. The summed E-state index contributed by atoms with van der Waals surface area (Å²) < 4.78 is 23.3. The number of nitrogens with two attached hydrogens (primary N) is 1. The first kappa shape index (κ1) is 15.3. The van der Waals surface area contributed by atoms with Gasteiger partial charge in [0.1, 0.15) is 6.33 Å². The van der Waals surface area contributed by atoms with Crippen molar-refractivity contribution >= 4 is 10.0 Å². The number of H-pyrrole nitrogens is 1. The topological polar surface area (TPSA) is 119 Å². The molecule has 2 rings (SSSR count). The van der Waals surface area contributed by atoms with Crippen molar-refractivity contribution in [3.05, 3.63) is 58.5 Å². The van der Waals surface area contributed by atoms with Gasteiger partial charge in [0.2, 0.25) is 15.6 Å². The third-order valence-electron chi connectivity index (χ3n) is 3.44. The van der Waals surface area contributed by atoms with Gasteiger partial charge in [-0.3, -0.25) is 4.79 Å². The van der Waals surface area contributed by atoms with E-state index < -0.39 is 20.7 Å². The fraction of sp³-hybridized carbons (Fsp3) is 0.308. The Morgan fingerprint density at radius 2 is 2.00 bits per heavy atom. The zero-order chi connectivity index (χ0) is 15.7. The summed E-state index contributed by atoms with van der Waals surface area (Å²) in [4.78, 5) is 21.6. The highest BCUT2D eigenvalue weighted by atomic mass is 32.2. The average molecular weight is 308 g/mol. The fourth-order valence-electron chi connectivity index (χ4n) is 2.57. The van der Waals surface area contributed by atoms with E-state index in [2.05, 4.69) is 15.0 Å². The third-order valence-corrected chi connectivity index (χ3v) is 5.25. The van der Waals surface area contributed by atoms with E-state index in [1.165, 1.54) is 36.9 Å². The molecule has 7 nitrogen and oxygen atoms in total. The molecule has 0 spiro atoms. The predicted octanol–water partition coefficient (Wildman–Crippen LogP) is 0.353. The summed E-state index contributed by atoms with van der Waals surface area (Å²) in [7, 11) is -4.06. The Morgan fingerprint density at radius 1 is 1.29 bits per heavy atom. The van der Waals surface area contributed by atoms with Crippen molar-refractivity contribution in [2.24, 2.45) is 11.1 Å². The van der Waals surface area contributed by atoms with Crippen molar-refractivity contribution in [3.63, 3.8) is 0 Å². The van der Waals surface area contributed by atoms with Gasteiger partial charge in [-0.15, -0.1) is 0 Å². The van der Waals surface area contributed by atoms with Gasteiger partial charge in [-0.1, -0.05) is 19.9 Å². The van der Waals surface area contributed by atoms with E-state index in [4.69, 9.17) is 5.14 Å².